The van der Waals surface area contributed by atoms with Gasteiger partial charge in [-0.3, -0.25) is 9.78 Å². The van der Waals surface area contributed by atoms with Gasteiger partial charge in [0.05, 0.1) is 23.8 Å². The Labute approximate surface area is 157 Å². The van der Waals surface area contributed by atoms with Crippen LogP contribution in [-0.2, 0) is 9.22 Å². The summed E-state index contributed by atoms with van der Waals surface area (Å²) in [4.78, 5) is 17.4. The van der Waals surface area contributed by atoms with Gasteiger partial charge >= 0.3 is 0 Å². The Balaban J connectivity index is 2.11. The molecule has 4 nitrogen and oxygen atoms in total. The Morgan fingerprint density at radius 3 is 2.44 bits per heavy atom. The zero-order valence-corrected chi connectivity index (χ0v) is 18.1. The Morgan fingerprint density at radius 1 is 1.32 bits per heavy atom. The second kappa shape index (κ2) is 7.25. The molecule has 0 spiro atoms. The van der Waals surface area contributed by atoms with Gasteiger partial charge in [-0.25, -0.2) is 0 Å². The number of nitrogens with zero attached hydrogens (tertiary/aromatic N) is 1. The third-order valence-corrected chi connectivity index (χ3v) is 10.8. The Morgan fingerprint density at radius 2 is 1.96 bits per heavy atom. The van der Waals surface area contributed by atoms with Crippen molar-refractivity contribution in [1.29, 1.82) is 0 Å². The first kappa shape index (κ1) is 20.2. The summed E-state index contributed by atoms with van der Waals surface area (Å²) in [5.74, 6) is -0.0595. The lowest BCUT2D eigenvalue weighted by Crippen LogP contribution is -2.66. The van der Waals surface area contributed by atoms with Crippen molar-refractivity contribution in [2.75, 3.05) is 0 Å². The predicted molar refractivity (Wildman–Crippen MR) is 108 cm³/mol. The summed E-state index contributed by atoms with van der Waals surface area (Å²) in [5, 5.41) is 3.15. The number of rotatable bonds is 6. The SMILES string of the molecule is CC(C(=S)c1ccccn1)[C@H]1NC(=O)[C@@H]1[C@@H](C)O[Si](C)(C)C(C)(C)C. The van der Waals surface area contributed by atoms with E-state index in [1.165, 1.54) is 0 Å². The first-order chi connectivity index (χ1) is 11.5. The molecule has 1 N–H and O–H groups in total. The molecule has 4 atom stereocenters. The molecule has 1 amide bonds. The lowest BCUT2D eigenvalue weighted by Gasteiger charge is -2.47. The minimum atomic E-state index is -1.92. The molecule has 138 valence electrons. The maximum absolute atomic E-state index is 12.2. The van der Waals surface area contributed by atoms with Crippen molar-refractivity contribution < 1.29 is 9.22 Å². The third-order valence-electron chi connectivity index (χ3n) is 5.66. The molecular formula is C19H30N2O2SSi. The molecule has 0 bridgehead atoms. The Kier molecular flexibility index (Phi) is 5.86. The van der Waals surface area contributed by atoms with Crippen molar-refractivity contribution in [3.8, 4) is 0 Å². The van der Waals surface area contributed by atoms with Gasteiger partial charge in [0.25, 0.3) is 0 Å². The van der Waals surface area contributed by atoms with Crippen LogP contribution in [0, 0.1) is 11.8 Å². The van der Waals surface area contributed by atoms with Crippen molar-refractivity contribution in [3.63, 3.8) is 0 Å². The quantitative estimate of drug-likeness (QED) is 0.352. The summed E-state index contributed by atoms with van der Waals surface area (Å²) in [7, 11) is -1.92. The van der Waals surface area contributed by atoms with E-state index in [1.54, 1.807) is 6.20 Å². The molecule has 0 aliphatic carbocycles. The molecule has 1 aromatic heterocycles. The largest absolute Gasteiger partial charge is 0.413 e. The fraction of sp³-hybridized carbons (Fsp3) is 0.632. The van der Waals surface area contributed by atoms with Gasteiger partial charge in [0, 0.05) is 17.0 Å². The van der Waals surface area contributed by atoms with Crippen molar-refractivity contribution in [1.82, 2.24) is 10.3 Å². The van der Waals surface area contributed by atoms with Crippen LogP contribution < -0.4 is 5.32 Å². The first-order valence-corrected chi connectivity index (χ1v) is 12.2. The maximum atomic E-state index is 12.2. The fourth-order valence-corrected chi connectivity index (χ4v) is 4.67. The molecule has 25 heavy (non-hydrogen) atoms. The number of β-lactam (4-membered cyclic amide) rings is 1. The van der Waals surface area contributed by atoms with E-state index in [1.807, 2.05) is 25.1 Å². The summed E-state index contributed by atoms with van der Waals surface area (Å²) in [6.45, 7) is 15.2. The van der Waals surface area contributed by atoms with Crippen molar-refractivity contribution in [3.05, 3.63) is 30.1 Å². The van der Waals surface area contributed by atoms with E-state index in [0.717, 1.165) is 10.6 Å². The highest BCUT2D eigenvalue weighted by Gasteiger charge is 2.49. The molecule has 1 unspecified atom stereocenters. The highest BCUT2D eigenvalue weighted by molar-refractivity contribution is 7.80. The number of nitrogens with one attached hydrogen (secondary N) is 1. The summed E-state index contributed by atoms with van der Waals surface area (Å²) in [6.07, 6.45) is 1.63. The summed E-state index contributed by atoms with van der Waals surface area (Å²) < 4.78 is 6.46. The molecule has 1 aliphatic heterocycles. The van der Waals surface area contributed by atoms with Gasteiger partial charge in [0.2, 0.25) is 5.91 Å². The summed E-state index contributed by atoms with van der Waals surface area (Å²) >= 11 is 5.62. The molecule has 2 heterocycles. The van der Waals surface area contributed by atoms with E-state index < -0.39 is 8.32 Å². The van der Waals surface area contributed by atoms with Gasteiger partial charge in [-0.05, 0) is 37.2 Å². The molecule has 0 saturated carbocycles. The second-order valence-electron chi connectivity index (χ2n) is 8.51. The highest BCUT2D eigenvalue weighted by atomic mass is 32.1. The Hall–Kier alpha value is -1.11. The van der Waals surface area contributed by atoms with Crippen LogP contribution in [0.25, 0.3) is 0 Å². The van der Waals surface area contributed by atoms with Crippen LogP contribution in [0.1, 0.15) is 40.3 Å². The summed E-state index contributed by atoms with van der Waals surface area (Å²) in [6, 6.07) is 5.73. The van der Waals surface area contributed by atoms with Crippen molar-refractivity contribution in [2.24, 2.45) is 11.8 Å². The number of hydrogen-bond acceptors (Lipinski definition) is 4. The Bertz CT molecular complexity index is 643. The molecule has 0 aromatic carbocycles. The van der Waals surface area contributed by atoms with Crippen LogP contribution in [0.3, 0.4) is 0 Å². The average molecular weight is 379 g/mol. The van der Waals surface area contributed by atoms with Crippen LogP contribution in [0.2, 0.25) is 18.1 Å². The molecule has 1 aliphatic rings. The molecule has 1 saturated heterocycles. The molecule has 0 radical (unpaired) electrons. The molecular weight excluding hydrogens is 348 g/mol. The van der Waals surface area contributed by atoms with Crippen LogP contribution in [-0.4, -0.2) is 36.2 Å². The van der Waals surface area contributed by atoms with Gasteiger partial charge in [-0.2, -0.15) is 0 Å². The van der Waals surface area contributed by atoms with Gasteiger partial charge in [-0.1, -0.05) is 46.0 Å². The van der Waals surface area contributed by atoms with Gasteiger partial charge in [0.1, 0.15) is 0 Å². The molecule has 1 aromatic rings. The maximum Gasteiger partial charge on any atom is 0.228 e. The van der Waals surface area contributed by atoms with Crippen LogP contribution in [0.5, 0.6) is 0 Å². The second-order valence-corrected chi connectivity index (χ2v) is 13.7. The van der Waals surface area contributed by atoms with Gasteiger partial charge in [0.15, 0.2) is 8.32 Å². The average Bonchev–Trinajstić information content (AvgIpc) is 2.50. The zero-order valence-electron chi connectivity index (χ0n) is 16.3. The van der Waals surface area contributed by atoms with Crippen molar-refractivity contribution in [2.45, 2.75) is 64.9 Å². The summed E-state index contributed by atoms with van der Waals surface area (Å²) in [5.41, 5.74) is 0.808. The number of hydrogen-bond donors (Lipinski definition) is 1. The fourth-order valence-electron chi connectivity index (χ4n) is 2.98. The number of carbonyl (C=O) groups is 1. The number of carbonyl (C=O) groups excluding carboxylic acids is 1. The molecule has 2 rings (SSSR count). The lowest BCUT2D eigenvalue weighted by molar-refractivity contribution is -0.140. The third kappa shape index (κ3) is 4.18. The predicted octanol–water partition coefficient (Wildman–Crippen LogP) is 3.96. The molecule has 1 fully saturated rings. The molecule has 6 heteroatoms. The lowest BCUT2D eigenvalue weighted by atomic mass is 9.77. The minimum absolute atomic E-state index is 0.00164. The monoisotopic (exact) mass is 378 g/mol. The van der Waals surface area contributed by atoms with E-state index in [9.17, 15) is 4.79 Å². The smallest absolute Gasteiger partial charge is 0.228 e. The van der Waals surface area contributed by atoms with E-state index in [-0.39, 0.29) is 34.9 Å². The number of aromatic nitrogens is 1. The van der Waals surface area contributed by atoms with Crippen LogP contribution in [0.15, 0.2) is 24.4 Å². The zero-order chi connectivity index (χ0) is 19.0. The van der Waals surface area contributed by atoms with E-state index in [0.29, 0.717) is 0 Å². The standard InChI is InChI=1S/C19H30N2O2SSi/c1-12(17(24)14-10-8-9-11-20-14)16-15(18(22)21-16)13(2)23-25(6,7)19(3,4)5/h8-13,15-16H,1-7H3,(H,21,22)/t12?,13-,15-,16-/m1/s1. The number of pyridine rings is 1. The first-order valence-electron chi connectivity index (χ1n) is 8.89. The minimum Gasteiger partial charge on any atom is -0.413 e. The van der Waals surface area contributed by atoms with E-state index >= 15 is 0 Å². The van der Waals surface area contributed by atoms with E-state index in [4.69, 9.17) is 16.6 Å². The number of thiocarbonyl (C=S) groups is 1. The van der Waals surface area contributed by atoms with Crippen LogP contribution >= 0.6 is 12.2 Å². The van der Waals surface area contributed by atoms with Crippen LogP contribution in [0.4, 0.5) is 0 Å². The van der Waals surface area contributed by atoms with E-state index in [2.05, 4.69) is 51.1 Å². The van der Waals surface area contributed by atoms with Crippen molar-refractivity contribution >= 4 is 31.3 Å². The number of amides is 1. The highest BCUT2D eigenvalue weighted by Crippen LogP contribution is 2.39. The van der Waals surface area contributed by atoms with Gasteiger partial charge in [-0.15, -0.1) is 0 Å². The normalized spacial score (nSPS) is 23.4. The topological polar surface area (TPSA) is 51.2 Å². The van der Waals surface area contributed by atoms with Gasteiger partial charge < -0.3 is 9.74 Å².